The number of methoxy groups -OCH3 is 1. The number of amides is 2. The Kier molecular flexibility index (Phi) is 4.25. The van der Waals surface area contributed by atoms with Crippen molar-refractivity contribution in [2.75, 3.05) is 7.11 Å². The normalized spacial score (nSPS) is 33.9. The van der Waals surface area contributed by atoms with E-state index in [0.29, 0.717) is 29.5 Å². The van der Waals surface area contributed by atoms with Gasteiger partial charge in [0.15, 0.2) is 5.72 Å². The molecule has 150 valence electrons. The van der Waals surface area contributed by atoms with Crippen LogP contribution in [0.3, 0.4) is 0 Å². The second-order valence-corrected chi connectivity index (χ2v) is 8.88. The van der Waals surface area contributed by atoms with Crippen LogP contribution in [0.15, 0.2) is 18.2 Å². The Morgan fingerprint density at radius 1 is 1.25 bits per heavy atom. The maximum atomic E-state index is 12.9. The van der Waals surface area contributed by atoms with E-state index in [2.05, 4.69) is 10.6 Å². The van der Waals surface area contributed by atoms with Crippen LogP contribution in [-0.2, 0) is 4.79 Å². The molecule has 6 nitrogen and oxygen atoms in total. The molecule has 0 aromatic heterocycles. The van der Waals surface area contributed by atoms with Gasteiger partial charge in [-0.15, -0.1) is 0 Å². The summed E-state index contributed by atoms with van der Waals surface area (Å²) >= 11 is 0. The number of carbonyl (C=O) groups is 2. The SMILES string of the molecule is COc1ccc2c(c1)O[C@@]1(C[C@H]3CC[C@@H]1C[C@@H]3C(=O)NC1CCCC1)NC2=O. The number of ether oxygens (including phenoxy) is 2. The molecule has 2 bridgehead atoms. The van der Waals surface area contributed by atoms with Gasteiger partial charge in [0.1, 0.15) is 11.5 Å². The maximum Gasteiger partial charge on any atom is 0.258 e. The minimum absolute atomic E-state index is 0.0391. The highest BCUT2D eigenvalue weighted by Crippen LogP contribution is 2.52. The van der Waals surface area contributed by atoms with Crippen LogP contribution < -0.4 is 20.1 Å². The Hall–Kier alpha value is -2.24. The smallest absolute Gasteiger partial charge is 0.258 e. The van der Waals surface area contributed by atoms with Gasteiger partial charge in [0.05, 0.1) is 12.7 Å². The van der Waals surface area contributed by atoms with Gasteiger partial charge in [0.25, 0.3) is 5.91 Å². The van der Waals surface area contributed by atoms with E-state index in [1.54, 1.807) is 25.3 Å². The second kappa shape index (κ2) is 6.68. The molecular weight excluding hydrogens is 356 g/mol. The van der Waals surface area contributed by atoms with Crippen LogP contribution in [0.1, 0.15) is 61.7 Å². The summed E-state index contributed by atoms with van der Waals surface area (Å²) in [4.78, 5) is 25.7. The molecular formula is C22H28N2O4. The Morgan fingerprint density at radius 3 is 2.79 bits per heavy atom. The first-order valence-electron chi connectivity index (χ1n) is 10.6. The topological polar surface area (TPSA) is 76.7 Å². The summed E-state index contributed by atoms with van der Waals surface area (Å²) in [5.41, 5.74) is -0.146. The zero-order valence-electron chi connectivity index (χ0n) is 16.3. The van der Waals surface area contributed by atoms with Crippen molar-refractivity contribution in [1.29, 1.82) is 0 Å². The van der Waals surface area contributed by atoms with Crippen LogP contribution in [-0.4, -0.2) is 30.7 Å². The average Bonchev–Trinajstić information content (AvgIpc) is 3.20. The maximum absolute atomic E-state index is 12.9. The molecule has 1 aromatic carbocycles. The van der Waals surface area contributed by atoms with Crippen LogP contribution in [0.25, 0.3) is 0 Å². The molecule has 2 amide bonds. The molecule has 0 unspecified atom stereocenters. The summed E-state index contributed by atoms with van der Waals surface area (Å²) in [5.74, 6) is 1.82. The molecule has 4 fully saturated rings. The summed E-state index contributed by atoms with van der Waals surface area (Å²) in [7, 11) is 1.61. The zero-order valence-corrected chi connectivity index (χ0v) is 16.3. The van der Waals surface area contributed by atoms with Crippen LogP contribution in [0.2, 0.25) is 0 Å². The number of carbonyl (C=O) groups excluding carboxylic acids is 2. The van der Waals surface area contributed by atoms with E-state index in [-0.39, 0.29) is 29.6 Å². The lowest BCUT2D eigenvalue weighted by Gasteiger charge is -2.55. The highest BCUT2D eigenvalue weighted by atomic mass is 16.5. The standard InChI is InChI=1S/C22H28N2O4/c1-27-16-8-9-17-19(11-16)28-22(24-21(17)26)12-13-6-7-14(22)10-18(13)20(25)23-15-4-2-3-5-15/h8-9,11,13-15,18H,2-7,10,12H2,1H3,(H,23,25)(H,24,26)/t13-,14-,18+,22-/m1/s1. The third-order valence-electron chi connectivity index (χ3n) is 7.31. The van der Waals surface area contributed by atoms with Crippen molar-refractivity contribution in [1.82, 2.24) is 10.6 Å². The van der Waals surface area contributed by atoms with E-state index < -0.39 is 5.72 Å². The highest BCUT2D eigenvalue weighted by molar-refractivity contribution is 5.98. The Balaban J connectivity index is 1.35. The predicted molar refractivity (Wildman–Crippen MR) is 103 cm³/mol. The van der Waals surface area contributed by atoms with Crippen LogP contribution >= 0.6 is 0 Å². The number of benzene rings is 1. The molecule has 0 saturated heterocycles. The number of hydrogen-bond acceptors (Lipinski definition) is 4. The molecule has 1 aromatic rings. The number of nitrogens with one attached hydrogen (secondary N) is 2. The van der Waals surface area contributed by atoms with E-state index in [1.165, 1.54) is 12.8 Å². The van der Waals surface area contributed by atoms with Crippen molar-refractivity contribution in [2.24, 2.45) is 17.8 Å². The van der Waals surface area contributed by atoms with E-state index in [4.69, 9.17) is 9.47 Å². The van der Waals surface area contributed by atoms with Crippen LogP contribution in [0, 0.1) is 17.8 Å². The first-order valence-corrected chi connectivity index (χ1v) is 10.6. The number of fused-ring (bicyclic) bond motifs is 3. The summed E-state index contributed by atoms with van der Waals surface area (Å²) in [6, 6.07) is 5.67. The van der Waals surface area contributed by atoms with Crippen molar-refractivity contribution in [3.8, 4) is 11.5 Å². The van der Waals surface area contributed by atoms with Crippen LogP contribution in [0.5, 0.6) is 11.5 Å². The molecule has 6 rings (SSSR count). The van der Waals surface area contributed by atoms with Crippen LogP contribution in [0.4, 0.5) is 0 Å². The molecule has 1 heterocycles. The van der Waals surface area contributed by atoms with E-state index >= 15 is 0 Å². The molecule has 0 radical (unpaired) electrons. The first-order chi connectivity index (χ1) is 13.6. The fourth-order valence-electron chi connectivity index (χ4n) is 5.82. The average molecular weight is 384 g/mol. The zero-order chi connectivity index (χ0) is 19.3. The third kappa shape index (κ3) is 2.85. The minimum atomic E-state index is -0.691. The summed E-state index contributed by atoms with van der Waals surface area (Å²) < 4.78 is 11.7. The Morgan fingerprint density at radius 2 is 2.07 bits per heavy atom. The second-order valence-electron chi connectivity index (χ2n) is 8.88. The van der Waals surface area contributed by atoms with Gasteiger partial charge in [-0.2, -0.15) is 0 Å². The van der Waals surface area contributed by atoms with Crippen molar-refractivity contribution >= 4 is 11.8 Å². The van der Waals surface area contributed by atoms with E-state index in [9.17, 15) is 9.59 Å². The molecule has 1 spiro atoms. The van der Waals surface area contributed by atoms with E-state index in [1.807, 2.05) is 0 Å². The minimum Gasteiger partial charge on any atom is -0.497 e. The third-order valence-corrected chi connectivity index (χ3v) is 7.31. The fraction of sp³-hybridized carbons (Fsp3) is 0.636. The molecule has 6 heteroatoms. The number of hydrogen-bond donors (Lipinski definition) is 2. The lowest BCUT2D eigenvalue weighted by Crippen LogP contribution is -2.67. The molecule has 28 heavy (non-hydrogen) atoms. The molecule has 4 atom stereocenters. The highest BCUT2D eigenvalue weighted by Gasteiger charge is 2.57. The largest absolute Gasteiger partial charge is 0.497 e. The van der Waals surface area contributed by atoms with Gasteiger partial charge < -0.3 is 20.1 Å². The quantitative estimate of drug-likeness (QED) is 0.840. The molecule has 2 N–H and O–H groups in total. The van der Waals surface area contributed by atoms with Crippen molar-refractivity contribution in [3.05, 3.63) is 23.8 Å². The monoisotopic (exact) mass is 384 g/mol. The van der Waals surface area contributed by atoms with Gasteiger partial charge in [0, 0.05) is 30.4 Å². The predicted octanol–water partition coefficient (Wildman–Crippen LogP) is 3.01. The van der Waals surface area contributed by atoms with Gasteiger partial charge >= 0.3 is 0 Å². The van der Waals surface area contributed by atoms with Gasteiger partial charge in [0.2, 0.25) is 5.91 Å². The summed E-state index contributed by atoms with van der Waals surface area (Å²) in [6.07, 6.45) is 8.13. The Bertz CT molecular complexity index is 804. The van der Waals surface area contributed by atoms with Gasteiger partial charge in [-0.25, -0.2) is 0 Å². The van der Waals surface area contributed by atoms with Crippen molar-refractivity contribution in [2.45, 2.75) is 63.1 Å². The van der Waals surface area contributed by atoms with Crippen molar-refractivity contribution < 1.29 is 19.1 Å². The first kappa shape index (κ1) is 17.8. The summed E-state index contributed by atoms with van der Waals surface area (Å²) in [6.45, 7) is 0. The van der Waals surface area contributed by atoms with E-state index in [0.717, 1.165) is 32.1 Å². The molecule has 5 aliphatic rings. The van der Waals surface area contributed by atoms with Gasteiger partial charge in [-0.1, -0.05) is 12.8 Å². The number of rotatable bonds is 3. The Labute approximate surface area is 165 Å². The molecule has 4 aliphatic carbocycles. The van der Waals surface area contributed by atoms with Gasteiger partial charge in [-0.05, 0) is 50.2 Å². The van der Waals surface area contributed by atoms with Gasteiger partial charge in [-0.3, -0.25) is 9.59 Å². The summed E-state index contributed by atoms with van der Waals surface area (Å²) in [5, 5.41) is 6.44. The lowest BCUT2D eigenvalue weighted by molar-refractivity contribution is -0.147. The van der Waals surface area contributed by atoms with Crippen molar-refractivity contribution in [3.63, 3.8) is 0 Å². The fourth-order valence-corrected chi connectivity index (χ4v) is 5.82. The lowest BCUT2D eigenvalue weighted by atomic mass is 9.60. The molecule has 1 aliphatic heterocycles. The molecule has 4 saturated carbocycles.